The molecule has 3 nitrogen and oxygen atoms in total. The molecule has 1 saturated heterocycles. The van der Waals surface area contributed by atoms with E-state index in [0.29, 0.717) is 4.91 Å². The highest BCUT2D eigenvalue weighted by molar-refractivity contribution is 8.18. The van der Waals surface area contributed by atoms with Crippen molar-refractivity contribution in [3.8, 4) is 0 Å². The average molecular weight is 227 g/mol. The minimum atomic E-state index is -0.253. The summed E-state index contributed by atoms with van der Waals surface area (Å²) in [7, 11) is 0. The van der Waals surface area contributed by atoms with Gasteiger partial charge in [0.05, 0.1) is 4.91 Å². The number of nitrogens with one attached hydrogen (secondary N) is 1. The Morgan fingerprint density at radius 1 is 1.20 bits per heavy atom. The molecular weight excluding hydrogens is 210 g/mol. The Hall–Kier alpha value is -0.770. The normalized spacial score (nSPS) is 18.6. The molecule has 0 aliphatic carbocycles. The zero-order valence-electron chi connectivity index (χ0n) is 9.04. The highest BCUT2D eigenvalue weighted by Crippen LogP contribution is 2.23. The molecule has 0 bridgehead atoms. The molecule has 84 valence electrons. The van der Waals surface area contributed by atoms with Crippen LogP contribution in [0.25, 0.3) is 0 Å². The maximum Gasteiger partial charge on any atom is 0.290 e. The maximum atomic E-state index is 11.1. The smallest absolute Gasteiger partial charge is 0.282 e. The summed E-state index contributed by atoms with van der Waals surface area (Å²) in [4.78, 5) is 22.5. The topological polar surface area (TPSA) is 46.2 Å². The van der Waals surface area contributed by atoms with Gasteiger partial charge in [-0.15, -0.1) is 0 Å². The first kappa shape index (κ1) is 12.3. The van der Waals surface area contributed by atoms with Crippen molar-refractivity contribution in [1.29, 1.82) is 0 Å². The Labute approximate surface area is 94.7 Å². The van der Waals surface area contributed by atoms with E-state index in [2.05, 4.69) is 12.2 Å². The van der Waals surface area contributed by atoms with E-state index in [1.165, 1.54) is 25.7 Å². The van der Waals surface area contributed by atoms with Crippen molar-refractivity contribution in [2.75, 3.05) is 0 Å². The van der Waals surface area contributed by atoms with Crippen molar-refractivity contribution in [3.63, 3.8) is 0 Å². The van der Waals surface area contributed by atoms with E-state index in [1.807, 2.05) is 6.08 Å². The van der Waals surface area contributed by atoms with E-state index in [1.54, 1.807) is 0 Å². The lowest BCUT2D eigenvalue weighted by molar-refractivity contribution is -0.115. The first-order valence-corrected chi connectivity index (χ1v) is 6.29. The van der Waals surface area contributed by atoms with Gasteiger partial charge in [0.15, 0.2) is 0 Å². The predicted molar refractivity (Wildman–Crippen MR) is 62.6 cm³/mol. The maximum absolute atomic E-state index is 11.1. The summed E-state index contributed by atoms with van der Waals surface area (Å²) in [5.74, 6) is -0.237. The van der Waals surface area contributed by atoms with Gasteiger partial charge >= 0.3 is 0 Å². The third-order valence-electron chi connectivity index (χ3n) is 2.28. The highest BCUT2D eigenvalue weighted by atomic mass is 32.2. The summed E-state index contributed by atoms with van der Waals surface area (Å²) in [6, 6.07) is 0. The monoisotopic (exact) mass is 227 g/mol. The number of allylic oxidation sites excluding steroid dienone is 1. The molecule has 0 aromatic rings. The van der Waals surface area contributed by atoms with E-state index in [0.717, 1.165) is 24.6 Å². The molecule has 1 heterocycles. The Kier molecular flexibility index (Phi) is 5.47. The molecule has 1 fully saturated rings. The third kappa shape index (κ3) is 4.51. The number of imide groups is 1. The molecule has 1 N–H and O–H groups in total. The Balaban J connectivity index is 2.15. The molecular formula is C11H17NO2S. The van der Waals surface area contributed by atoms with Gasteiger partial charge in [0.2, 0.25) is 0 Å². The number of hydrogen-bond donors (Lipinski definition) is 1. The van der Waals surface area contributed by atoms with Gasteiger partial charge in [0.25, 0.3) is 11.1 Å². The average Bonchev–Trinajstić information content (AvgIpc) is 2.51. The zero-order chi connectivity index (χ0) is 11.1. The first-order chi connectivity index (χ1) is 7.24. The lowest BCUT2D eigenvalue weighted by Crippen LogP contribution is -2.17. The number of rotatable bonds is 6. The van der Waals surface area contributed by atoms with E-state index in [9.17, 15) is 9.59 Å². The van der Waals surface area contributed by atoms with Crippen LogP contribution in [0.4, 0.5) is 4.79 Å². The zero-order valence-corrected chi connectivity index (χ0v) is 9.86. The van der Waals surface area contributed by atoms with Crippen LogP contribution in [-0.4, -0.2) is 11.1 Å². The van der Waals surface area contributed by atoms with Gasteiger partial charge in [0, 0.05) is 0 Å². The van der Waals surface area contributed by atoms with Crippen LogP contribution in [0, 0.1) is 0 Å². The van der Waals surface area contributed by atoms with Gasteiger partial charge in [0.1, 0.15) is 0 Å². The highest BCUT2D eigenvalue weighted by Gasteiger charge is 2.24. The van der Waals surface area contributed by atoms with Crippen molar-refractivity contribution in [1.82, 2.24) is 5.32 Å². The summed E-state index contributed by atoms with van der Waals surface area (Å²) >= 11 is 1.00. The predicted octanol–water partition coefficient (Wildman–Crippen LogP) is 3.21. The molecule has 1 aliphatic heterocycles. The van der Waals surface area contributed by atoms with E-state index < -0.39 is 0 Å². The molecule has 0 aromatic heterocycles. The molecule has 0 spiro atoms. The summed E-state index contributed by atoms with van der Waals surface area (Å²) in [6.45, 7) is 2.19. The molecule has 1 aliphatic rings. The van der Waals surface area contributed by atoms with Crippen LogP contribution in [0.15, 0.2) is 11.0 Å². The van der Waals surface area contributed by atoms with Crippen molar-refractivity contribution in [2.24, 2.45) is 0 Å². The molecule has 2 amide bonds. The lowest BCUT2D eigenvalue weighted by Gasteiger charge is -1.96. The largest absolute Gasteiger partial charge is 0.290 e. The second-order valence-electron chi connectivity index (χ2n) is 3.61. The minimum absolute atomic E-state index is 0.237. The standard InChI is InChI=1S/C11H17NO2S/c1-2-3-4-5-6-7-8-9-10(13)12-11(14)15-9/h8H,2-7H2,1H3,(H,12,13,14)/b9-8+. The fourth-order valence-corrected chi connectivity index (χ4v) is 2.13. The first-order valence-electron chi connectivity index (χ1n) is 5.47. The number of amides is 2. The van der Waals surface area contributed by atoms with Gasteiger partial charge in [-0.05, 0) is 24.6 Å². The van der Waals surface area contributed by atoms with Crippen molar-refractivity contribution in [3.05, 3.63) is 11.0 Å². The van der Waals surface area contributed by atoms with Gasteiger partial charge in [-0.2, -0.15) is 0 Å². The third-order valence-corrected chi connectivity index (χ3v) is 3.14. The van der Waals surface area contributed by atoms with E-state index in [4.69, 9.17) is 0 Å². The fourth-order valence-electron chi connectivity index (χ4n) is 1.44. The molecule has 0 aromatic carbocycles. The molecule has 1 rings (SSSR count). The molecule has 0 radical (unpaired) electrons. The van der Waals surface area contributed by atoms with Crippen LogP contribution in [0.5, 0.6) is 0 Å². The fraction of sp³-hybridized carbons (Fsp3) is 0.636. The van der Waals surface area contributed by atoms with Gasteiger partial charge in [-0.1, -0.05) is 38.7 Å². The van der Waals surface area contributed by atoms with Crippen LogP contribution in [-0.2, 0) is 4.79 Å². The number of hydrogen-bond acceptors (Lipinski definition) is 3. The van der Waals surface area contributed by atoms with Crippen LogP contribution in [0.1, 0.15) is 45.4 Å². The summed E-state index contributed by atoms with van der Waals surface area (Å²) in [6.07, 6.45) is 8.86. The molecule has 15 heavy (non-hydrogen) atoms. The Morgan fingerprint density at radius 2 is 1.93 bits per heavy atom. The van der Waals surface area contributed by atoms with Gasteiger partial charge < -0.3 is 0 Å². The second kappa shape index (κ2) is 6.67. The van der Waals surface area contributed by atoms with Crippen LogP contribution >= 0.6 is 11.8 Å². The lowest BCUT2D eigenvalue weighted by atomic mass is 10.1. The summed E-state index contributed by atoms with van der Waals surface area (Å²) in [5.41, 5.74) is 0. The van der Waals surface area contributed by atoms with E-state index in [-0.39, 0.29) is 11.1 Å². The van der Waals surface area contributed by atoms with Crippen LogP contribution in [0.3, 0.4) is 0 Å². The van der Waals surface area contributed by atoms with Crippen LogP contribution < -0.4 is 5.32 Å². The van der Waals surface area contributed by atoms with E-state index >= 15 is 0 Å². The van der Waals surface area contributed by atoms with Gasteiger partial charge in [-0.3, -0.25) is 14.9 Å². The summed E-state index contributed by atoms with van der Waals surface area (Å²) < 4.78 is 0. The Morgan fingerprint density at radius 3 is 2.53 bits per heavy atom. The SMILES string of the molecule is CCCCCCC/C=C1/SC(=O)NC1=O. The summed E-state index contributed by atoms with van der Waals surface area (Å²) in [5, 5.41) is 1.99. The van der Waals surface area contributed by atoms with Crippen LogP contribution in [0.2, 0.25) is 0 Å². The number of thioether (sulfide) groups is 1. The van der Waals surface area contributed by atoms with Crippen molar-refractivity contribution >= 4 is 22.9 Å². The molecule has 0 saturated carbocycles. The Bertz CT molecular complexity index is 274. The number of carbonyl (C=O) groups is 2. The van der Waals surface area contributed by atoms with Gasteiger partial charge in [-0.25, -0.2) is 0 Å². The second-order valence-corrected chi connectivity index (χ2v) is 4.63. The minimum Gasteiger partial charge on any atom is -0.282 e. The molecule has 0 unspecified atom stereocenters. The quantitative estimate of drug-likeness (QED) is 0.560. The van der Waals surface area contributed by atoms with Crippen molar-refractivity contribution in [2.45, 2.75) is 45.4 Å². The molecule has 4 heteroatoms. The number of unbranched alkanes of at least 4 members (excludes halogenated alkanes) is 5. The number of carbonyl (C=O) groups excluding carboxylic acids is 2. The molecule has 0 atom stereocenters. The van der Waals surface area contributed by atoms with Crippen molar-refractivity contribution < 1.29 is 9.59 Å².